The Morgan fingerprint density at radius 1 is 0.358 bits per heavy atom. The quantitative estimate of drug-likeness (QED) is 0.104. The van der Waals surface area contributed by atoms with Gasteiger partial charge in [-0.3, -0.25) is 0 Å². The van der Waals surface area contributed by atoms with Crippen molar-refractivity contribution in [3.8, 4) is 34.5 Å². The van der Waals surface area contributed by atoms with Gasteiger partial charge in [0.1, 0.15) is 34.5 Å². The fourth-order valence-corrected chi connectivity index (χ4v) is 10.2. The van der Waals surface area contributed by atoms with Gasteiger partial charge in [0.05, 0.1) is 0 Å². The molecule has 11 heteroatoms. The maximum atomic E-state index is 6.90. The lowest BCUT2D eigenvalue weighted by Crippen LogP contribution is -2.19. The summed E-state index contributed by atoms with van der Waals surface area (Å²) >= 11 is 0. The number of aryl methyl sites for hydroxylation is 6. The zero-order valence-electron chi connectivity index (χ0n) is 30.6. The van der Waals surface area contributed by atoms with Crippen LogP contribution in [0.5, 0.6) is 34.5 Å². The summed E-state index contributed by atoms with van der Waals surface area (Å²) in [4.78, 5) is 3.52. The van der Waals surface area contributed by atoms with Gasteiger partial charge in [0.25, 0.3) is 0 Å². The Morgan fingerprint density at radius 3 is 0.887 bits per heavy atom. The van der Waals surface area contributed by atoms with Crippen LogP contribution in [0.15, 0.2) is 150 Å². The average Bonchev–Trinajstić information content (AvgIpc) is 3.14. The highest BCUT2D eigenvalue weighted by molar-refractivity contribution is 7.71. The molecule has 0 amide bonds. The lowest BCUT2D eigenvalue weighted by atomic mass is 10.2. The van der Waals surface area contributed by atoms with E-state index in [1.807, 2.05) is 187 Å². The summed E-state index contributed by atoms with van der Waals surface area (Å²) < 4.78 is 45.3. The van der Waals surface area contributed by atoms with Crippen LogP contribution in [-0.4, -0.2) is 0 Å². The third kappa shape index (κ3) is 11.6. The Bertz CT molecular complexity index is 1960. The number of rotatable bonds is 15. The smallest absolute Gasteiger partial charge is 0.427 e. The van der Waals surface area contributed by atoms with Gasteiger partial charge in [-0.05, 0) is 114 Å². The first kappa shape index (κ1) is 37.9. The SMILES string of the molecule is Cc1ccc(OP(N=P(NP(Oc2ccc(C)cc2)Oc2ccc(C)cc2)(Oc2ccc(C)cc2)Oc2ccc(C)cc2)Oc2ccc(C)cc2)cc1. The Labute approximate surface area is 315 Å². The first-order valence-corrected chi connectivity index (χ1v) is 21.0. The van der Waals surface area contributed by atoms with Crippen molar-refractivity contribution in [2.45, 2.75) is 41.5 Å². The topological polar surface area (TPSA) is 79.8 Å². The molecule has 0 fully saturated rings. The number of benzene rings is 6. The molecule has 53 heavy (non-hydrogen) atoms. The Kier molecular flexibility index (Phi) is 12.7. The summed E-state index contributed by atoms with van der Waals surface area (Å²) in [6.07, 6.45) is 0. The monoisotopic (exact) mass is 764 g/mol. The first-order valence-electron chi connectivity index (χ1n) is 17.1. The van der Waals surface area contributed by atoms with Crippen molar-refractivity contribution in [3.63, 3.8) is 0 Å². The molecule has 0 saturated carbocycles. The van der Waals surface area contributed by atoms with E-state index in [-0.39, 0.29) is 0 Å². The average molecular weight is 765 g/mol. The standard InChI is InChI=1S/C42H43N2O6P3/c1-31-7-19-37(20-8-31)45-51(46-38-21-9-32(2)10-22-38)43-53(49-41-27-15-35(5)16-28-41,50-42-29-17-36(6)18-30-42)44-52(47-39-23-11-33(3)12-24-39)48-40-25-13-34(4)14-26-40/h7-30,43H,1-6H3. The zero-order chi connectivity index (χ0) is 37.2. The minimum Gasteiger partial charge on any atom is -0.427 e. The van der Waals surface area contributed by atoms with Gasteiger partial charge in [-0.15, -0.1) is 9.37 Å². The molecule has 6 aromatic carbocycles. The minimum atomic E-state index is -3.74. The molecule has 0 aliphatic rings. The highest BCUT2D eigenvalue weighted by Gasteiger charge is 2.37. The fraction of sp³-hybridized carbons (Fsp3) is 0.143. The van der Waals surface area contributed by atoms with E-state index in [1.165, 1.54) is 0 Å². The molecule has 6 rings (SSSR count). The lowest BCUT2D eigenvalue weighted by molar-refractivity contribution is 0.447. The number of hydrogen-bond acceptors (Lipinski definition) is 7. The summed E-state index contributed by atoms with van der Waals surface area (Å²) in [7, 11) is -7.89. The second-order valence-corrected chi connectivity index (χ2v) is 17.3. The Balaban J connectivity index is 1.52. The largest absolute Gasteiger partial charge is 0.443 e. The second-order valence-electron chi connectivity index (χ2n) is 12.6. The van der Waals surface area contributed by atoms with Gasteiger partial charge in [-0.25, -0.2) is 0 Å². The maximum Gasteiger partial charge on any atom is 0.443 e. The third-order valence-electron chi connectivity index (χ3n) is 7.73. The molecule has 0 aromatic heterocycles. The highest BCUT2D eigenvalue weighted by Crippen LogP contribution is 2.61. The predicted octanol–water partition coefficient (Wildman–Crippen LogP) is 13.3. The predicted molar refractivity (Wildman–Crippen MR) is 217 cm³/mol. The molecule has 0 unspecified atom stereocenters. The van der Waals surface area contributed by atoms with E-state index in [0.717, 1.165) is 33.4 Å². The molecular weight excluding hydrogens is 721 g/mol. The Hall–Kier alpha value is -4.83. The van der Waals surface area contributed by atoms with Crippen LogP contribution in [0, 0.1) is 41.5 Å². The van der Waals surface area contributed by atoms with Crippen LogP contribution >= 0.6 is 24.7 Å². The van der Waals surface area contributed by atoms with Gasteiger partial charge in [-0.2, -0.15) is 0 Å². The number of hydrogen-bond donors (Lipinski definition) is 1. The van der Waals surface area contributed by atoms with E-state index in [1.54, 1.807) is 0 Å². The van der Waals surface area contributed by atoms with Gasteiger partial charge in [0, 0.05) is 0 Å². The fourth-order valence-electron chi connectivity index (χ4n) is 4.68. The molecule has 0 heterocycles. The first-order chi connectivity index (χ1) is 25.6. The number of nitrogens with zero attached hydrogens (tertiary/aromatic N) is 1. The molecule has 0 atom stereocenters. The van der Waals surface area contributed by atoms with Gasteiger partial charge >= 0.3 is 24.7 Å². The third-order valence-corrected chi connectivity index (χ3v) is 13.3. The van der Waals surface area contributed by atoms with Gasteiger partial charge in [0.15, 0.2) is 0 Å². The molecule has 0 bridgehead atoms. The van der Waals surface area contributed by atoms with E-state index in [9.17, 15) is 0 Å². The van der Waals surface area contributed by atoms with E-state index in [2.05, 4.69) is 4.86 Å². The van der Waals surface area contributed by atoms with E-state index >= 15 is 0 Å². The van der Waals surface area contributed by atoms with Crippen LogP contribution in [0.1, 0.15) is 33.4 Å². The second kappa shape index (κ2) is 17.8. The van der Waals surface area contributed by atoms with Gasteiger partial charge < -0.3 is 27.1 Å². The molecule has 272 valence electrons. The van der Waals surface area contributed by atoms with Crippen molar-refractivity contribution < 1.29 is 27.1 Å². The van der Waals surface area contributed by atoms with Crippen LogP contribution < -0.4 is 32.0 Å². The number of nitrogens with one attached hydrogen (secondary N) is 1. The molecular formula is C42H43N2O6P3. The molecule has 8 nitrogen and oxygen atoms in total. The van der Waals surface area contributed by atoms with Gasteiger partial charge in [0.2, 0.25) is 0 Å². The lowest BCUT2D eigenvalue weighted by Gasteiger charge is -2.29. The summed E-state index contributed by atoms with van der Waals surface area (Å²) in [6, 6.07) is 46.4. The normalized spacial score (nSPS) is 11.2. The minimum absolute atomic E-state index is 0.522. The molecule has 6 aromatic rings. The van der Waals surface area contributed by atoms with E-state index in [0.29, 0.717) is 34.5 Å². The van der Waals surface area contributed by atoms with Crippen molar-refractivity contribution >= 4 is 24.7 Å². The highest BCUT2D eigenvalue weighted by atomic mass is 31.3. The van der Waals surface area contributed by atoms with E-state index in [4.69, 9.17) is 31.7 Å². The van der Waals surface area contributed by atoms with Crippen molar-refractivity contribution in [1.29, 1.82) is 0 Å². The summed E-state index contributed by atoms with van der Waals surface area (Å²) in [5.41, 5.74) is 6.54. The zero-order valence-corrected chi connectivity index (χ0v) is 33.3. The molecule has 0 aliphatic carbocycles. The summed E-state index contributed by atoms with van der Waals surface area (Å²) in [6.45, 7) is 12.1. The molecule has 0 spiro atoms. The van der Waals surface area contributed by atoms with Crippen molar-refractivity contribution in [2.75, 3.05) is 0 Å². The van der Waals surface area contributed by atoms with Crippen molar-refractivity contribution in [1.82, 2.24) is 4.86 Å². The van der Waals surface area contributed by atoms with Crippen LogP contribution in [0.2, 0.25) is 0 Å². The molecule has 0 saturated heterocycles. The van der Waals surface area contributed by atoms with E-state index < -0.39 is 24.7 Å². The van der Waals surface area contributed by atoms with Gasteiger partial charge in [-0.1, -0.05) is 106 Å². The van der Waals surface area contributed by atoms with Crippen molar-refractivity contribution in [3.05, 3.63) is 179 Å². The van der Waals surface area contributed by atoms with Crippen LogP contribution in [0.3, 0.4) is 0 Å². The van der Waals surface area contributed by atoms with Crippen molar-refractivity contribution in [2.24, 2.45) is 4.52 Å². The molecule has 0 radical (unpaired) electrons. The van der Waals surface area contributed by atoms with Crippen LogP contribution in [0.25, 0.3) is 0 Å². The maximum absolute atomic E-state index is 6.90. The Morgan fingerprint density at radius 2 is 0.604 bits per heavy atom. The molecule has 1 N–H and O–H groups in total. The van der Waals surface area contributed by atoms with Crippen LogP contribution in [-0.2, 0) is 0 Å². The summed E-state index contributed by atoms with van der Waals surface area (Å²) in [5, 5.41) is 0. The summed E-state index contributed by atoms with van der Waals surface area (Å²) in [5.74, 6) is 3.39. The molecule has 0 aliphatic heterocycles. The van der Waals surface area contributed by atoms with Crippen LogP contribution in [0.4, 0.5) is 0 Å².